The van der Waals surface area contributed by atoms with Gasteiger partial charge in [0.2, 0.25) is 0 Å². The molecule has 0 saturated carbocycles. The Bertz CT molecular complexity index is 311. The molecule has 3 heteroatoms. The van der Waals surface area contributed by atoms with Crippen molar-refractivity contribution in [3.05, 3.63) is 34.6 Å². The molecular weight excluding hydrogens is 215 g/mol. The van der Waals surface area contributed by atoms with Gasteiger partial charge in [-0.15, -0.1) is 0 Å². The van der Waals surface area contributed by atoms with Crippen LogP contribution in [-0.4, -0.2) is 5.78 Å². The van der Waals surface area contributed by atoms with E-state index in [1.807, 2.05) is 0 Å². The van der Waals surface area contributed by atoms with Gasteiger partial charge in [0.25, 0.3) is 0 Å². The Balaban J connectivity index is 0.000000423. The van der Waals surface area contributed by atoms with Gasteiger partial charge in [0.05, 0.1) is 10.6 Å². The number of benzene rings is 1. The molecule has 0 radical (unpaired) electrons. The van der Waals surface area contributed by atoms with Gasteiger partial charge < -0.3 is 0 Å². The second-order valence-corrected chi connectivity index (χ2v) is 4.29. The third kappa shape index (κ3) is 5.53. The van der Waals surface area contributed by atoms with E-state index in [1.165, 1.54) is 25.1 Å². The van der Waals surface area contributed by atoms with Gasteiger partial charge in [0.15, 0.2) is 5.78 Å². The summed E-state index contributed by atoms with van der Waals surface area (Å²) in [4.78, 5) is 10.8. The fourth-order valence-corrected chi connectivity index (χ4v) is 1.13. The molecule has 0 fully saturated rings. The number of hydrogen-bond acceptors (Lipinski definition) is 1. The topological polar surface area (TPSA) is 17.1 Å². The van der Waals surface area contributed by atoms with Gasteiger partial charge >= 0.3 is 0 Å². The van der Waals surface area contributed by atoms with Crippen molar-refractivity contribution in [1.82, 2.24) is 0 Å². The molecule has 0 aliphatic heterocycles. The number of ketones is 1. The molecule has 0 heterocycles. The Kier molecular flexibility index (Phi) is 6.18. The van der Waals surface area contributed by atoms with Crippen LogP contribution in [0.25, 0.3) is 0 Å². The summed E-state index contributed by atoms with van der Waals surface area (Å²) < 4.78 is 12.8. The molecule has 84 valence electrons. The Hall–Kier alpha value is -0.890. The molecule has 0 N–H and O–H groups in total. The number of Topliss-reactive ketones (excluding diaryl/α,β-unsaturated/α-hetero) is 1. The van der Waals surface area contributed by atoms with Crippen LogP contribution in [0.5, 0.6) is 0 Å². The molecule has 0 aromatic heterocycles. The Morgan fingerprint density at radius 3 is 2.07 bits per heavy atom. The quantitative estimate of drug-likeness (QED) is 0.656. The third-order valence-corrected chi connectivity index (χ3v) is 1.63. The zero-order valence-electron chi connectivity index (χ0n) is 9.47. The average molecular weight is 231 g/mol. The molecule has 1 nitrogen and oxygen atoms in total. The lowest BCUT2D eigenvalue weighted by Crippen LogP contribution is -1.97. The molecule has 0 atom stereocenters. The normalized spacial score (nSPS) is 9.53. The summed E-state index contributed by atoms with van der Waals surface area (Å²) in [5, 5.41) is 0.164. The van der Waals surface area contributed by atoms with Gasteiger partial charge in [0.1, 0.15) is 5.82 Å². The molecule has 0 aliphatic rings. The van der Waals surface area contributed by atoms with Crippen LogP contribution in [0.3, 0.4) is 0 Å². The van der Waals surface area contributed by atoms with E-state index >= 15 is 0 Å². The lowest BCUT2D eigenvalue weighted by molar-refractivity contribution is 0.101. The van der Waals surface area contributed by atoms with E-state index in [0.717, 1.165) is 5.92 Å². The van der Waals surface area contributed by atoms with Crippen LogP contribution in [0.4, 0.5) is 4.39 Å². The molecule has 0 unspecified atom stereocenters. The van der Waals surface area contributed by atoms with Crippen molar-refractivity contribution in [2.75, 3.05) is 0 Å². The largest absolute Gasteiger partial charge is 0.294 e. The molecule has 1 rings (SSSR count). The van der Waals surface area contributed by atoms with E-state index in [9.17, 15) is 9.18 Å². The minimum absolute atomic E-state index is 0.0332. The summed E-state index contributed by atoms with van der Waals surface area (Å²) in [7, 11) is 0. The second kappa shape index (κ2) is 6.57. The first-order valence-corrected chi connectivity index (χ1v) is 5.19. The monoisotopic (exact) mass is 230 g/mol. The Morgan fingerprint density at radius 1 is 1.33 bits per heavy atom. The first-order valence-electron chi connectivity index (χ1n) is 4.81. The van der Waals surface area contributed by atoms with Gasteiger partial charge in [-0.3, -0.25) is 4.79 Å². The van der Waals surface area contributed by atoms with Crippen LogP contribution >= 0.6 is 11.6 Å². The highest BCUT2D eigenvalue weighted by atomic mass is 35.5. The molecule has 1 aromatic carbocycles. The third-order valence-electron chi connectivity index (χ3n) is 1.31. The molecule has 0 aliphatic carbocycles. The van der Waals surface area contributed by atoms with E-state index in [-0.39, 0.29) is 16.4 Å². The lowest BCUT2D eigenvalue weighted by Gasteiger charge is -1.99. The van der Waals surface area contributed by atoms with Crippen molar-refractivity contribution in [2.45, 2.75) is 27.7 Å². The zero-order valence-corrected chi connectivity index (χ0v) is 10.2. The summed E-state index contributed by atoms with van der Waals surface area (Å²) >= 11 is 5.56. The van der Waals surface area contributed by atoms with Crippen LogP contribution in [0.1, 0.15) is 38.1 Å². The van der Waals surface area contributed by atoms with Crippen molar-refractivity contribution < 1.29 is 9.18 Å². The fourth-order valence-electron chi connectivity index (χ4n) is 0.834. The van der Waals surface area contributed by atoms with Gasteiger partial charge in [0, 0.05) is 0 Å². The first-order chi connectivity index (χ1) is 6.86. The van der Waals surface area contributed by atoms with Gasteiger partial charge in [-0.05, 0) is 25.0 Å². The molecule has 0 spiro atoms. The number of rotatable bonds is 1. The molecular formula is C12H16ClFO. The maximum atomic E-state index is 12.8. The highest BCUT2D eigenvalue weighted by Gasteiger charge is 2.10. The highest BCUT2D eigenvalue weighted by Crippen LogP contribution is 2.18. The van der Waals surface area contributed by atoms with E-state index in [1.54, 1.807) is 0 Å². The van der Waals surface area contributed by atoms with Crippen LogP contribution in [0.2, 0.25) is 5.02 Å². The number of hydrogen-bond donors (Lipinski definition) is 0. The summed E-state index contributed by atoms with van der Waals surface area (Å²) in [6.45, 7) is 7.78. The highest BCUT2D eigenvalue weighted by molar-refractivity contribution is 6.33. The predicted octanol–water partition coefficient (Wildman–Crippen LogP) is 4.34. The minimum Gasteiger partial charge on any atom is -0.294 e. The van der Waals surface area contributed by atoms with Gasteiger partial charge in [-0.2, -0.15) is 0 Å². The van der Waals surface area contributed by atoms with E-state index in [0.29, 0.717) is 0 Å². The summed E-state index contributed by atoms with van der Waals surface area (Å²) in [6, 6.07) is 4.16. The fraction of sp³-hybridized carbons (Fsp3) is 0.417. The molecule has 1 aromatic rings. The molecule has 0 saturated heterocycles. The second-order valence-electron chi connectivity index (χ2n) is 3.88. The van der Waals surface area contributed by atoms with Crippen molar-refractivity contribution in [2.24, 2.45) is 5.92 Å². The molecule has 0 bridgehead atoms. The zero-order chi connectivity index (χ0) is 12.0. The van der Waals surface area contributed by atoms with E-state index < -0.39 is 5.82 Å². The summed E-state index contributed by atoms with van der Waals surface area (Å²) in [5.74, 6) is -0.0851. The van der Waals surface area contributed by atoms with Crippen LogP contribution < -0.4 is 0 Å². The summed E-state index contributed by atoms with van der Waals surface area (Å²) in [5.41, 5.74) is -0.0332. The van der Waals surface area contributed by atoms with Crippen molar-refractivity contribution in [3.8, 4) is 0 Å². The van der Waals surface area contributed by atoms with Crippen molar-refractivity contribution >= 4 is 17.4 Å². The first kappa shape index (κ1) is 14.1. The lowest BCUT2D eigenvalue weighted by atomic mass is 10.1. The van der Waals surface area contributed by atoms with Crippen molar-refractivity contribution in [1.29, 1.82) is 0 Å². The SMILES string of the molecule is CC(=O)c1c(F)cccc1Cl.CC(C)C. The molecule has 15 heavy (non-hydrogen) atoms. The maximum Gasteiger partial charge on any atom is 0.164 e. The number of carbonyl (C=O) groups excluding carboxylic acids is 1. The van der Waals surface area contributed by atoms with E-state index in [2.05, 4.69) is 20.8 Å². The van der Waals surface area contributed by atoms with Gasteiger partial charge in [-0.1, -0.05) is 38.4 Å². The Labute approximate surface area is 95.3 Å². The maximum absolute atomic E-state index is 12.8. The number of halogens is 2. The average Bonchev–Trinajstić information content (AvgIpc) is 2.01. The van der Waals surface area contributed by atoms with Crippen LogP contribution in [-0.2, 0) is 0 Å². The van der Waals surface area contributed by atoms with Crippen molar-refractivity contribution in [3.63, 3.8) is 0 Å². The van der Waals surface area contributed by atoms with Crippen LogP contribution in [0.15, 0.2) is 18.2 Å². The predicted molar refractivity (Wildman–Crippen MR) is 61.9 cm³/mol. The Morgan fingerprint density at radius 2 is 1.80 bits per heavy atom. The van der Waals surface area contributed by atoms with Crippen LogP contribution in [0, 0.1) is 11.7 Å². The standard InChI is InChI=1S/C8H6ClFO.C4H10/c1-5(11)8-6(9)3-2-4-7(8)10;1-4(2)3/h2-4H,1H3;4H,1-3H3. The minimum atomic E-state index is -0.565. The van der Waals surface area contributed by atoms with Gasteiger partial charge in [-0.25, -0.2) is 4.39 Å². The summed E-state index contributed by atoms with van der Waals surface area (Å²) in [6.07, 6.45) is 0. The molecule has 0 amide bonds. The van der Waals surface area contributed by atoms with E-state index in [4.69, 9.17) is 11.6 Å². The smallest absolute Gasteiger partial charge is 0.164 e. The number of carbonyl (C=O) groups is 1.